The van der Waals surface area contributed by atoms with Crippen molar-refractivity contribution in [2.75, 3.05) is 19.5 Å². The summed E-state index contributed by atoms with van der Waals surface area (Å²) >= 11 is 0. The van der Waals surface area contributed by atoms with E-state index in [1.165, 1.54) is 0 Å². The van der Waals surface area contributed by atoms with Crippen LogP contribution in [0.15, 0.2) is 90.1 Å². The minimum atomic E-state index is 0.230. The molecule has 3 aromatic rings. The van der Waals surface area contributed by atoms with Crippen LogP contribution in [-0.2, 0) is 4.74 Å². The monoisotopic (exact) mass is 505 g/mol. The number of fused-ring (bicyclic) bond motifs is 2. The molecular weight excluding hydrogens is 474 g/mol. The lowest BCUT2D eigenvalue weighted by Crippen LogP contribution is -2.25. The van der Waals surface area contributed by atoms with Crippen molar-refractivity contribution in [3.8, 4) is 23.0 Å². The fraction of sp³-hybridized carbons (Fsp3) is 0.258. The predicted octanol–water partition coefficient (Wildman–Crippen LogP) is 6.14. The lowest BCUT2D eigenvalue weighted by molar-refractivity contribution is 0.0663. The van der Waals surface area contributed by atoms with Crippen molar-refractivity contribution >= 4 is 22.4 Å². The number of benzene rings is 3. The molecule has 1 aliphatic heterocycles. The standard InChI is InChI=1S/C31H31N5O2/c1-37-23-16-14-21(15-17-23)33-27-20-30-28(19-26(27)35-25-12-8-18-32-31(25)38-2)34-24-11-6-7-13-29(24)36(30)22-9-4-3-5-10-22/h3-13,18-21,23,35H,14-17H2,1-2H3. The topological polar surface area (TPSA) is 73.6 Å². The number of hydrogen-bond acceptors (Lipinski definition) is 6. The number of methoxy groups -OCH3 is 2. The van der Waals surface area contributed by atoms with E-state index in [2.05, 4.69) is 69.5 Å². The van der Waals surface area contributed by atoms with E-state index >= 15 is 0 Å². The number of nitrogens with one attached hydrogen (secondary N) is 1. The summed E-state index contributed by atoms with van der Waals surface area (Å²) in [5.74, 6) is 0.532. The summed E-state index contributed by atoms with van der Waals surface area (Å²) in [5.41, 5.74) is 6.59. The average molecular weight is 506 g/mol. The van der Waals surface area contributed by atoms with Crippen molar-refractivity contribution in [3.63, 3.8) is 0 Å². The Hall–Kier alpha value is -4.23. The first-order valence-corrected chi connectivity index (χ1v) is 13.1. The second-order valence-electron chi connectivity index (χ2n) is 9.61. The molecule has 0 saturated heterocycles. The molecule has 0 radical (unpaired) electrons. The molecule has 1 aromatic heterocycles. The molecule has 0 unspecified atom stereocenters. The normalized spacial score (nSPS) is 18.1. The summed E-state index contributed by atoms with van der Waals surface area (Å²) in [5, 5.41) is 4.44. The highest BCUT2D eigenvalue weighted by Crippen LogP contribution is 2.32. The second-order valence-corrected chi connectivity index (χ2v) is 9.61. The van der Waals surface area contributed by atoms with E-state index in [4.69, 9.17) is 19.5 Å². The van der Waals surface area contributed by atoms with Gasteiger partial charge in [0.05, 0.1) is 52.7 Å². The predicted molar refractivity (Wildman–Crippen MR) is 150 cm³/mol. The molecule has 1 fully saturated rings. The number of para-hydroxylation sites is 3. The maximum Gasteiger partial charge on any atom is 0.237 e. The van der Waals surface area contributed by atoms with Crippen LogP contribution >= 0.6 is 0 Å². The average Bonchev–Trinajstić information content (AvgIpc) is 2.97. The van der Waals surface area contributed by atoms with Gasteiger partial charge in [-0.3, -0.25) is 4.99 Å². The maximum absolute atomic E-state index is 5.59. The zero-order valence-electron chi connectivity index (χ0n) is 21.7. The van der Waals surface area contributed by atoms with Gasteiger partial charge in [0.15, 0.2) is 0 Å². The summed E-state index contributed by atoms with van der Waals surface area (Å²) in [6.07, 6.45) is 6.09. The first kappa shape index (κ1) is 24.1. The van der Waals surface area contributed by atoms with Crippen LogP contribution in [0.25, 0.3) is 28.1 Å². The fourth-order valence-electron chi connectivity index (χ4n) is 5.30. The minimum absolute atomic E-state index is 0.230. The molecule has 1 saturated carbocycles. The number of nitrogens with zero attached hydrogens (tertiary/aromatic N) is 4. The second kappa shape index (κ2) is 10.6. The minimum Gasteiger partial charge on any atom is -0.480 e. The largest absolute Gasteiger partial charge is 0.480 e. The third kappa shape index (κ3) is 4.73. The van der Waals surface area contributed by atoms with E-state index < -0.39 is 0 Å². The van der Waals surface area contributed by atoms with Gasteiger partial charge in [0.2, 0.25) is 5.88 Å². The molecule has 1 N–H and O–H groups in total. The van der Waals surface area contributed by atoms with E-state index in [-0.39, 0.29) is 6.04 Å². The van der Waals surface area contributed by atoms with Gasteiger partial charge in [-0.05, 0) is 74.2 Å². The molecule has 38 heavy (non-hydrogen) atoms. The van der Waals surface area contributed by atoms with Crippen molar-refractivity contribution in [2.45, 2.75) is 37.8 Å². The number of ether oxygens (including phenoxy) is 2. The highest BCUT2D eigenvalue weighted by Gasteiger charge is 2.22. The third-order valence-electron chi connectivity index (χ3n) is 7.24. The van der Waals surface area contributed by atoms with Gasteiger partial charge in [0.1, 0.15) is 5.69 Å². The van der Waals surface area contributed by atoms with Crippen LogP contribution in [0.4, 0.5) is 11.4 Å². The molecule has 0 amide bonds. The number of anilines is 2. The molecule has 2 heterocycles. The molecule has 0 atom stereocenters. The Balaban J connectivity index is 1.58. The Morgan fingerprint density at radius 3 is 2.45 bits per heavy atom. The summed E-state index contributed by atoms with van der Waals surface area (Å²) in [7, 11) is 3.43. The molecular formula is C31H31N5O2. The van der Waals surface area contributed by atoms with E-state index in [0.29, 0.717) is 12.0 Å². The molecule has 6 rings (SSSR count). The van der Waals surface area contributed by atoms with E-state index in [9.17, 15) is 0 Å². The molecule has 0 bridgehead atoms. The van der Waals surface area contributed by atoms with Crippen LogP contribution in [-0.4, -0.2) is 40.9 Å². The lowest BCUT2D eigenvalue weighted by atomic mass is 9.93. The zero-order valence-corrected chi connectivity index (χ0v) is 21.7. The van der Waals surface area contributed by atoms with Crippen LogP contribution in [0.3, 0.4) is 0 Å². The Labute approximate surface area is 222 Å². The molecule has 192 valence electrons. The van der Waals surface area contributed by atoms with E-state index in [0.717, 1.165) is 70.5 Å². The van der Waals surface area contributed by atoms with Crippen LogP contribution in [0.5, 0.6) is 5.88 Å². The smallest absolute Gasteiger partial charge is 0.237 e. The summed E-state index contributed by atoms with van der Waals surface area (Å²) in [4.78, 5) is 14.7. The maximum atomic E-state index is 5.59. The Bertz CT molecular complexity index is 1590. The Kier molecular flexibility index (Phi) is 6.75. The highest BCUT2D eigenvalue weighted by atomic mass is 16.5. The van der Waals surface area contributed by atoms with E-state index in [1.54, 1.807) is 20.4 Å². The molecule has 7 heteroatoms. The van der Waals surface area contributed by atoms with Gasteiger partial charge in [-0.2, -0.15) is 0 Å². The van der Waals surface area contributed by atoms with Crippen LogP contribution in [0, 0.1) is 0 Å². The van der Waals surface area contributed by atoms with Crippen LogP contribution in [0.1, 0.15) is 25.7 Å². The Morgan fingerprint density at radius 1 is 0.868 bits per heavy atom. The molecule has 2 aliphatic carbocycles. The molecule has 3 aliphatic rings. The van der Waals surface area contributed by atoms with Crippen LogP contribution < -0.4 is 15.4 Å². The van der Waals surface area contributed by atoms with Gasteiger partial charge in [0, 0.05) is 19.0 Å². The van der Waals surface area contributed by atoms with E-state index in [1.807, 2.05) is 24.3 Å². The van der Waals surface area contributed by atoms with Gasteiger partial charge in [-0.1, -0.05) is 30.3 Å². The van der Waals surface area contributed by atoms with Crippen molar-refractivity contribution in [3.05, 3.63) is 90.4 Å². The number of aromatic nitrogens is 3. The fourth-order valence-corrected chi connectivity index (χ4v) is 5.30. The van der Waals surface area contributed by atoms with Crippen molar-refractivity contribution in [2.24, 2.45) is 4.99 Å². The summed E-state index contributed by atoms with van der Waals surface area (Å²) in [6.45, 7) is 0. The van der Waals surface area contributed by atoms with Crippen molar-refractivity contribution in [1.29, 1.82) is 0 Å². The van der Waals surface area contributed by atoms with Gasteiger partial charge >= 0.3 is 0 Å². The first-order valence-electron chi connectivity index (χ1n) is 13.1. The lowest BCUT2D eigenvalue weighted by Gasteiger charge is -2.25. The van der Waals surface area contributed by atoms with Crippen LogP contribution in [0.2, 0.25) is 0 Å². The highest BCUT2D eigenvalue weighted by molar-refractivity contribution is 5.84. The van der Waals surface area contributed by atoms with Gasteiger partial charge in [-0.25, -0.2) is 9.97 Å². The van der Waals surface area contributed by atoms with Gasteiger partial charge in [-0.15, -0.1) is 0 Å². The molecule has 0 spiro atoms. The quantitative estimate of drug-likeness (QED) is 0.281. The number of pyridine rings is 1. The summed E-state index contributed by atoms with van der Waals surface area (Å²) < 4.78 is 13.4. The Morgan fingerprint density at radius 2 is 1.66 bits per heavy atom. The molecule has 7 nitrogen and oxygen atoms in total. The first-order chi connectivity index (χ1) is 18.7. The SMILES string of the molecule is COc1ncccc1Nc1cc2nc3ccccc3n(-c3ccccc3)c-2cc1=NC1CCC(OC)CC1. The van der Waals surface area contributed by atoms with Gasteiger partial charge < -0.3 is 19.4 Å². The van der Waals surface area contributed by atoms with Gasteiger partial charge in [0.25, 0.3) is 0 Å². The third-order valence-corrected chi connectivity index (χ3v) is 7.24. The molecule has 2 aromatic carbocycles. The summed E-state index contributed by atoms with van der Waals surface area (Å²) in [6, 6.07) is 27.0. The van der Waals surface area contributed by atoms with Crippen molar-refractivity contribution in [1.82, 2.24) is 14.5 Å². The number of hydrogen-bond donors (Lipinski definition) is 1. The number of rotatable bonds is 6. The van der Waals surface area contributed by atoms with Crippen molar-refractivity contribution < 1.29 is 9.47 Å². The zero-order chi connectivity index (χ0) is 25.9.